The summed E-state index contributed by atoms with van der Waals surface area (Å²) in [6.07, 6.45) is 6.79. The number of rotatable bonds is 8. The summed E-state index contributed by atoms with van der Waals surface area (Å²) in [5, 5.41) is 19.0. The van der Waals surface area contributed by atoms with E-state index in [-0.39, 0.29) is 32.3 Å². The number of carboxylic acids is 2. The van der Waals surface area contributed by atoms with Crippen LogP contribution in [0.4, 0.5) is 0 Å². The molecule has 43 heavy (non-hydrogen) atoms. The standard InChI is InChI=1S/C34H38N4O4.Zn/c1-7-21-17(3)25-13-26-19(5)23(9-11-33(39)40)31(37-26)16-32-24(10-12-34(41)42)20(6)28(38-32)15-30-22(8-2)18(4)27(36-30)14-29(21)35-25;/h7-8,36-37H,1-2,9-16H2,3-6H3,(H,39,40)(H,41,42);/q-2;+2. The van der Waals surface area contributed by atoms with Gasteiger partial charge in [0.2, 0.25) is 0 Å². The van der Waals surface area contributed by atoms with Crippen LogP contribution < -0.4 is 9.97 Å². The van der Waals surface area contributed by atoms with E-state index in [0.717, 1.165) is 90.1 Å². The first kappa shape index (κ1) is 32.1. The van der Waals surface area contributed by atoms with Crippen LogP contribution in [0.2, 0.25) is 0 Å². The molecular formula is C34H38N4O4Zn. The second-order valence-electron chi connectivity index (χ2n) is 11.4. The van der Waals surface area contributed by atoms with Crippen LogP contribution in [0, 0.1) is 27.7 Å². The Morgan fingerprint density at radius 3 is 1.77 bits per heavy atom. The molecule has 0 saturated heterocycles. The Morgan fingerprint density at radius 2 is 1.14 bits per heavy atom. The Hall–Kier alpha value is -3.84. The molecule has 8 bridgehead atoms. The molecule has 4 aromatic rings. The molecule has 220 valence electrons. The van der Waals surface area contributed by atoms with Crippen LogP contribution in [0.25, 0.3) is 12.2 Å². The quantitative estimate of drug-likeness (QED) is 0.168. The Balaban J connectivity index is 0.00000423. The number of aliphatic carboxylic acids is 2. The molecular weight excluding hydrogens is 594 g/mol. The van der Waals surface area contributed by atoms with E-state index in [0.29, 0.717) is 38.5 Å². The van der Waals surface area contributed by atoms with Gasteiger partial charge in [0, 0.05) is 35.6 Å². The third kappa shape index (κ3) is 6.14. The van der Waals surface area contributed by atoms with Gasteiger partial charge in [-0.2, -0.15) is 17.1 Å². The van der Waals surface area contributed by atoms with Gasteiger partial charge in [-0.1, -0.05) is 42.0 Å². The molecule has 0 saturated carbocycles. The molecule has 1 aliphatic heterocycles. The van der Waals surface area contributed by atoms with Gasteiger partial charge in [-0.15, -0.1) is 5.69 Å². The van der Waals surface area contributed by atoms with Gasteiger partial charge in [0.15, 0.2) is 0 Å². The molecule has 0 radical (unpaired) electrons. The van der Waals surface area contributed by atoms with Crippen molar-refractivity contribution in [2.45, 2.75) is 79.1 Å². The summed E-state index contributed by atoms with van der Waals surface area (Å²) < 4.78 is 0. The maximum absolute atomic E-state index is 11.5. The number of hydrogen-bond acceptors (Lipinski definition) is 2. The van der Waals surface area contributed by atoms with E-state index in [2.05, 4.69) is 37.0 Å². The number of aromatic amines is 2. The second-order valence-corrected chi connectivity index (χ2v) is 11.4. The molecule has 0 spiro atoms. The Morgan fingerprint density at radius 1 is 0.651 bits per heavy atom. The number of hydrogen-bond donors (Lipinski definition) is 4. The molecule has 9 heteroatoms. The van der Waals surface area contributed by atoms with Crippen molar-refractivity contribution in [3.63, 3.8) is 0 Å². The molecule has 5 rings (SSSR count). The molecule has 0 atom stereocenters. The minimum atomic E-state index is -0.851. The molecule has 5 heterocycles. The van der Waals surface area contributed by atoms with E-state index in [1.807, 2.05) is 26.0 Å². The van der Waals surface area contributed by atoms with Crippen molar-refractivity contribution in [2.24, 2.45) is 0 Å². The van der Waals surface area contributed by atoms with Crippen LogP contribution in [-0.2, 0) is 67.6 Å². The molecule has 8 nitrogen and oxygen atoms in total. The molecule has 4 N–H and O–H groups in total. The van der Waals surface area contributed by atoms with E-state index in [1.54, 1.807) is 0 Å². The van der Waals surface area contributed by atoms with Gasteiger partial charge in [-0.05, 0) is 94.0 Å². The summed E-state index contributed by atoms with van der Waals surface area (Å²) in [6, 6.07) is 0. The predicted octanol–water partition coefficient (Wildman–Crippen LogP) is 5.49. The summed E-state index contributed by atoms with van der Waals surface area (Å²) in [6.45, 7) is 16.4. The number of aromatic nitrogens is 4. The molecule has 0 unspecified atom stereocenters. The summed E-state index contributed by atoms with van der Waals surface area (Å²) in [5.74, 6) is -1.70. The van der Waals surface area contributed by atoms with E-state index < -0.39 is 11.9 Å². The molecule has 4 aromatic heterocycles. The van der Waals surface area contributed by atoms with Crippen molar-refractivity contribution in [1.82, 2.24) is 19.9 Å². The molecule has 0 aliphatic carbocycles. The van der Waals surface area contributed by atoms with Crippen molar-refractivity contribution in [3.8, 4) is 0 Å². The summed E-state index contributed by atoms with van der Waals surface area (Å²) in [4.78, 5) is 40.6. The maximum atomic E-state index is 11.5. The van der Waals surface area contributed by atoms with E-state index in [1.165, 1.54) is 0 Å². The van der Waals surface area contributed by atoms with Gasteiger partial charge in [0.05, 0.1) is 0 Å². The number of H-pyrrole nitrogens is 2. The third-order valence-electron chi connectivity index (χ3n) is 8.94. The van der Waals surface area contributed by atoms with Crippen LogP contribution in [0.1, 0.15) is 103 Å². The number of fused-ring (bicyclic) bond motifs is 8. The van der Waals surface area contributed by atoms with Crippen molar-refractivity contribution in [3.05, 3.63) is 103 Å². The Kier molecular flexibility index (Phi) is 9.55. The first-order chi connectivity index (χ1) is 20.0. The zero-order valence-electron chi connectivity index (χ0n) is 25.5. The van der Waals surface area contributed by atoms with Crippen LogP contribution in [0.5, 0.6) is 0 Å². The molecule has 0 fully saturated rings. The van der Waals surface area contributed by atoms with Gasteiger partial charge in [-0.3, -0.25) is 9.59 Å². The average molecular weight is 632 g/mol. The van der Waals surface area contributed by atoms with E-state index in [9.17, 15) is 19.8 Å². The Labute approximate surface area is 264 Å². The predicted molar refractivity (Wildman–Crippen MR) is 163 cm³/mol. The van der Waals surface area contributed by atoms with Crippen LogP contribution in [-0.4, -0.2) is 32.1 Å². The van der Waals surface area contributed by atoms with Crippen molar-refractivity contribution in [2.75, 3.05) is 0 Å². The van der Waals surface area contributed by atoms with Gasteiger partial charge >= 0.3 is 31.4 Å². The van der Waals surface area contributed by atoms with Crippen LogP contribution in [0.3, 0.4) is 0 Å². The maximum Gasteiger partial charge on any atom is 2.00 e. The van der Waals surface area contributed by atoms with Crippen molar-refractivity contribution < 1.29 is 39.3 Å². The fourth-order valence-corrected chi connectivity index (χ4v) is 6.50. The fourth-order valence-electron chi connectivity index (χ4n) is 6.50. The minimum absolute atomic E-state index is 0. The smallest absolute Gasteiger partial charge is 0.664 e. The molecule has 1 aliphatic rings. The minimum Gasteiger partial charge on any atom is -0.664 e. The van der Waals surface area contributed by atoms with Crippen LogP contribution >= 0.6 is 0 Å². The summed E-state index contributed by atoms with van der Waals surface area (Å²) in [7, 11) is 0. The fraction of sp³-hybridized carbons (Fsp3) is 0.353. The van der Waals surface area contributed by atoms with Crippen LogP contribution in [0.15, 0.2) is 13.2 Å². The second kappa shape index (κ2) is 12.8. The summed E-state index contributed by atoms with van der Waals surface area (Å²) >= 11 is 0. The molecule has 0 amide bonds. The summed E-state index contributed by atoms with van der Waals surface area (Å²) in [5.41, 5.74) is 16.0. The van der Waals surface area contributed by atoms with Crippen molar-refractivity contribution in [1.29, 1.82) is 0 Å². The van der Waals surface area contributed by atoms with Gasteiger partial charge < -0.3 is 30.1 Å². The third-order valence-corrected chi connectivity index (χ3v) is 8.94. The Bertz CT molecular complexity index is 1730. The zero-order valence-corrected chi connectivity index (χ0v) is 28.5. The first-order valence-electron chi connectivity index (χ1n) is 14.4. The largest absolute Gasteiger partial charge is 2.00 e. The van der Waals surface area contributed by atoms with E-state index >= 15 is 0 Å². The number of nitrogens with one attached hydrogen (secondary N) is 2. The number of carbonyl (C=O) groups is 2. The number of nitrogens with zero attached hydrogens (tertiary/aromatic N) is 2. The number of carboxylic acid groups (broad SMARTS) is 2. The monoisotopic (exact) mass is 630 g/mol. The normalized spacial score (nSPS) is 12.6. The van der Waals surface area contributed by atoms with E-state index in [4.69, 9.17) is 9.97 Å². The SMILES string of the molecule is C=Cc1c2[n-]c(c1C)Cc1[nH]c(c(CCC(=O)O)c1C)Cc1[n-]c(c(C)c1CCC(=O)O)Cc1[nH]c(c(C)c1C=C)C2.[Zn+2]. The molecule has 0 aromatic carbocycles. The van der Waals surface area contributed by atoms with Gasteiger partial charge in [-0.25, -0.2) is 0 Å². The van der Waals surface area contributed by atoms with Gasteiger partial charge in [0.25, 0.3) is 0 Å². The first-order valence-corrected chi connectivity index (χ1v) is 14.4. The topological polar surface area (TPSA) is 134 Å². The zero-order chi connectivity index (χ0) is 30.3. The average Bonchev–Trinajstić information content (AvgIpc) is 3.59. The van der Waals surface area contributed by atoms with Gasteiger partial charge in [0.1, 0.15) is 0 Å². The van der Waals surface area contributed by atoms with Crippen molar-refractivity contribution >= 4 is 24.1 Å².